The van der Waals surface area contributed by atoms with Crippen molar-refractivity contribution in [2.45, 2.75) is 63.6 Å². The summed E-state index contributed by atoms with van der Waals surface area (Å²) in [5.41, 5.74) is 1.73. The molecule has 6 heteroatoms. The summed E-state index contributed by atoms with van der Waals surface area (Å²) < 4.78 is 0. The van der Waals surface area contributed by atoms with Crippen LogP contribution >= 0.6 is 0 Å². The molecule has 1 aromatic carbocycles. The second kappa shape index (κ2) is 6.41. The quantitative estimate of drug-likeness (QED) is 0.881. The van der Waals surface area contributed by atoms with Crippen LogP contribution < -0.4 is 4.90 Å². The zero-order chi connectivity index (χ0) is 18.4. The average Bonchev–Trinajstić information content (AvgIpc) is 3.20. The fourth-order valence-corrected chi connectivity index (χ4v) is 5.14. The molecule has 0 unspecified atom stereocenters. The Hall–Kier alpha value is -2.37. The van der Waals surface area contributed by atoms with Crippen LogP contribution in [0.2, 0.25) is 0 Å². The highest BCUT2D eigenvalue weighted by Crippen LogP contribution is 2.42. The molecule has 2 aliphatic heterocycles. The van der Waals surface area contributed by atoms with E-state index in [1.807, 2.05) is 24.3 Å². The van der Waals surface area contributed by atoms with Gasteiger partial charge in [0.25, 0.3) is 0 Å². The van der Waals surface area contributed by atoms with Gasteiger partial charge >= 0.3 is 5.97 Å². The number of para-hydroxylation sites is 1. The Bertz CT molecular complexity index is 762. The van der Waals surface area contributed by atoms with Gasteiger partial charge in [0, 0.05) is 25.1 Å². The molecule has 0 bridgehead atoms. The third-order valence-electron chi connectivity index (χ3n) is 6.23. The maximum Gasteiger partial charge on any atom is 0.326 e. The van der Waals surface area contributed by atoms with E-state index in [0.29, 0.717) is 12.8 Å². The summed E-state index contributed by atoms with van der Waals surface area (Å²) in [4.78, 5) is 40.7. The number of amides is 2. The number of likely N-dealkylation sites (tertiary alicyclic amines) is 1. The fourth-order valence-electron chi connectivity index (χ4n) is 5.14. The number of carbonyl (C=O) groups is 3. The van der Waals surface area contributed by atoms with Crippen LogP contribution in [-0.4, -0.2) is 45.9 Å². The summed E-state index contributed by atoms with van der Waals surface area (Å²) in [5, 5.41) is 9.70. The first-order valence-corrected chi connectivity index (χ1v) is 9.41. The number of fused-ring (bicyclic) bond motifs is 2. The molecule has 26 heavy (non-hydrogen) atoms. The Morgan fingerprint density at radius 3 is 2.54 bits per heavy atom. The van der Waals surface area contributed by atoms with Gasteiger partial charge in [-0.15, -0.1) is 0 Å². The Labute approximate surface area is 152 Å². The van der Waals surface area contributed by atoms with Crippen LogP contribution in [0.1, 0.15) is 44.6 Å². The monoisotopic (exact) mass is 356 g/mol. The predicted molar refractivity (Wildman–Crippen MR) is 95.7 cm³/mol. The molecule has 2 amide bonds. The second-order valence-electron chi connectivity index (χ2n) is 7.68. The first kappa shape index (κ1) is 17.1. The van der Waals surface area contributed by atoms with Crippen molar-refractivity contribution in [1.82, 2.24) is 4.90 Å². The number of carboxylic acid groups (broad SMARTS) is 1. The first-order chi connectivity index (χ1) is 12.5. The van der Waals surface area contributed by atoms with E-state index in [4.69, 9.17) is 0 Å². The minimum Gasteiger partial charge on any atom is -0.480 e. The lowest BCUT2D eigenvalue weighted by atomic mass is 9.84. The molecule has 0 radical (unpaired) electrons. The van der Waals surface area contributed by atoms with Crippen molar-refractivity contribution in [3.8, 4) is 0 Å². The lowest BCUT2D eigenvalue weighted by molar-refractivity contribution is -0.150. The van der Waals surface area contributed by atoms with E-state index in [-0.39, 0.29) is 23.8 Å². The van der Waals surface area contributed by atoms with Gasteiger partial charge in [0.1, 0.15) is 12.1 Å². The summed E-state index contributed by atoms with van der Waals surface area (Å²) >= 11 is 0. The van der Waals surface area contributed by atoms with Crippen molar-refractivity contribution in [3.05, 3.63) is 29.8 Å². The van der Waals surface area contributed by atoms with Crippen LogP contribution in [0.4, 0.5) is 5.69 Å². The maximum absolute atomic E-state index is 13.5. The lowest BCUT2D eigenvalue weighted by Crippen LogP contribution is -2.55. The van der Waals surface area contributed by atoms with Gasteiger partial charge in [-0.1, -0.05) is 31.0 Å². The molecule has 1 saturated carbocycles. The third-order valence-corrected chi connectivity index (χ3v) is 6.23. The zero-order valence-electron chi connectivity index (χ0n) is 14.9. The Kier molecular flexibility index (Phi) is 4.21. The van der Waals surface area contributed by atoms with Crippen LogP contribution in [0.15, 0.2) is 24.3 Å². The average molecular weight is 356 g/mol. The predicted octanol–water partition coefficient (Wildman–Crippen LogP) is 2.21. The summed E-state index contributed by atoms with van der Waals surface area (Å²) in [6, 6.07) is 6.13. The molecule has 2 heterocycles. The number of aliphatic carboxylic acids is 1. The number of carbonyl (C=O) groups excluding carboxylic acids is 2. The third kappa shape index (κ3) is 2.59. The van der Waals surface area contributed by atoms with E-state index < -0.39 is 18.1 Å². The molecule has 1 saturated heterocycles. The molecule has 4 rings (SSSR count). The number of hydrogen-bond donors (Lipinski definition) is 1. The van der Waals surface area contributed by atoms with E-state index in [1.165, 1.54) is 6.92 Å². The molecule has 0 aromatic heterocycles. The first-order valence-electron chi connectivity index (χ1n) is 9.41. The smallest absolute Gasteiger partial charge is 0.326 e. The lowest BCUT2D eigenvalue weighted by Gasteiger charge is -2.36. The van der Waals surface area contributed by atoms with Gasteiger partial charge in [0.15, 0.2) is 0 Å². The maximum atomic E-state index is 13.5. The number of nitrogens with zero attached hydrogens (tertiary/aromatic N) is 2. The Balaban J connectivity index is 1.67. The zero-order valence-corrected chi connectivity index (χ0v) is 14.9. The topological polar surface area (TPSA) is 77.9 Å². The molecule has 4 atom stereocenters. The van der Waals surface area contributed by atoms with Gasteiger partial charge < -0.3 is 10.0 Å². The van der Waals surface area contributed by atoms with Crippen molar-refractivity contribution in [3.63, 3.8) is 0 Å². The van der Waals surface area contributed by atoms with E-state index in [9.17, 15) is 19.5 Å². The second-order valence-corrected chi connectivity index (χ2v) is 7.68. The van der Waals surface area contributed by atoms with Crippen LogP contribution in [0.5, 0.6) is 0 Å². The number of carboxylic acids is 1. The molecule has 1 aromatic rings. The van der Waals surface area contributed by atoms with Gasteiger partial charge in [0.05, 0.1) is 0 Å². The Morgan fingerprint density at radius 2 is 1.81 bits per heavy atom. The van der Waals surface area contributed by atoms with Gasteiger partial charge in [-0.25, -0.2) is 4.79 Å². The largest absolute Gasteiger partial charge is 0.480 e. The van der Waals surface area contributed by atoms with Crippen LogP contribution in [0.3, 0.4) is 0 Å². The molecule has 2 fully saturated rings. The van der Waals surface area contributed by atoms with Crippen molar-refractivity contribution in [2.75, 3.05) is 4.90 Å². The van der Waals surface area contributed by atoms with Crippen LogP contribution in [-0.2, 0) is 20.8 Å². The highest BCUT2D eigenvalue weighted by atomic mass is 16.4. The standard InChI is InChI=1S/C20H24N2O4/c1-12(23)21-15-8-4-2-6-13(15)10-17(21)19(24)22-16-9-5-3-7-14(16)11-18(22)20(25)26/h2,4,6,8,14,16-18H,3,5,7,9-11H2,1H3,(H,25,26)/t14-,16+,17+,18+/m1/s1. The van der Waals surface area contributed by atoms with Crippen molar-refractivity contribution in [2.24, 2.45) is 5.92 Å². The molecule has 0 spiro atoms. The van der Waals surface area contributed by atoms with Crippen molar-refractivity contribution >= 4 is 23.5 Å². The number of hydrogen-bond acceptors (Lipinski definition) is 3. The molecular formula is C20H24N2O4. The number of rotatable bonds is 2. The molecule has 138 valence electrons. The molecular weight excluding hydrogens is 332 g/mol. The SMILES string of the molecule is CC(=O)N1c2ccccc2C[C@H]1C(=O)N1[C@H](C(=O)O)C[C@H]2CCCC[C@@H]21. The normalized spacial score (nSPS) is 30.0. The van der Waals surface area contributed by atoms with Gasteiger partial charge in [-0.2, -0.15) is 0 Å². The minimum absolute atomic E-state index is 0.00475. The van der Waals surface area contributed by atoms with Gasteiger partial charge in [-0.3, -0.25) is 14.5 Å². The number of anilines is 1. The summed E-state index contributed by atoms with van der Waals surface area (Å²) in [6.07, 6.45) is 4.96. The minimum atomic E-state index is -0.933. The summed E-state index contributed by atoms with van der Waals surface area (Å²) in [7, 11) is 0. The van der Waals surface area contributed by atoms with E-state index in [2.05, 4.69) is 0 Å². The van der Waals surface area contributed by atoms with Crippen LogP contribution in [0, 0.1) is 5.92 Å². The van der Waals surface area contributed by atoms with Crippen LogP contribution in [0.25, 0.3) is 0 Å². The molecule has 6 nitrogen and oxygen atoms in total. The molecule has 3 aliphatic rings. The van der Waals surface area contributed by atoms with Crippen molar-refractivity contribution in [1.29, 1.82) is 0 Å². The highest BCUT2D eigenvalue weighted by molar-refractivity contribution is 6.03. The molecule has 1 aliphatic carbocycles. The highest BCUT2D eigenvalue weighted by Gasteiger charge is 2.51. The molecule has 1 N–H and O–H groups in total. The van der Waals surface area contributed by atoms with E-state index in [1.54, 1.807) is 9.80 Å². The summed E-state index contributed by atoms with van der Waals surface area (Å²) in [5.74, 6) is -1.06. The van der Waals surface area contributed by atoms with E-state index >= 15 is 0 Å². The number of benzene rings is 1. The summed E-state index contributed by atoms with van der Waals surface area (Å²) in [6.45, 7) is 1.46. The van der Waals surface area contributed by atoms with Gasteiger partial charge in [-0.05, 0) is 36.8 Å². The Morgan fingerprint density at radius 1 is 1.08 bits per heavy atom. The van der Waals surface area contributed by atoms with Gasteiger partial charge in [0.2, 0.25) is 11.8 Å². The fraction of sp³-hybridized carbons (Fsp3) is 0.550. The van der Waals surface area contributed by atoms with Crippen molar-refractivity contribution < 1.29 is 19.5 Å². The van der Waals surface area contributed by atoms with E-state index in [0.717, 1.165) is 36.9 Å².